The Morgan fingerprint density at radius 1 is 1.24 bits per heavy atom. The first kappa shape index (κ1) is 15.4. The fourth-order valence-corrected chi connectivity index (χ4v) is 4.49. The van der Waals surface area contributed by atoms with Crippen molar-refractivity contribution in [2.24, 2.45) is 16.7 Å². The van der Waals surface area contributed by atoms with Gasteiger partial charge in [-0.3, -0.25) is 4.79 Å². The predicted molar refractivity (Wildman–Crippen MR) is 88.2 cm³/mol. The van der Waals surface area contributed by atoms with E-state index in [2.05, 4.69) is 13.8 Å². The Kier molecular flexibility index (Phi) is 3.86. The fraction of sp³-hybridized carbons (Fsp3) is 0.611. The van der Waals surface area contributed by atoms with Crippen LogP contribution in [0, 0.1) is 16.7 Å². The molecular weight excluding hydrogens is 303 g/mol. The minimum absolute atomic E-state index is 0.174. The number of carbonyl (C=O) groups is 1. The Morgan fingerprint density at radius 3 is 2.62 bits per heavy atom. The zero-order valence-electron chi connectivity index (χ0n) is 12.7. The minimum Gasteiger partial charge on any atom is -0.294 e. The first-order chi connectivity index (χ1) is 9.90. The Labute approximate surface area is 137 Å². The van der Waals surface area contributed by atoms with Gasteiger partial charge < -0.3 is 0 Å². The topological polar surface area (TPSA) is 17.1 Å². The van der Waals surface area contributed by atoms with Crippen molar-refractivity contribution in [1.29, 1.82) is 0 Å². The molecule has 2 aliphatic carbocycles. The highest BCUT2D eigenvalue weighted by atomic mass is 35.5. The van der Waals surface area contributed by atoms with E-state index < -0.39 is 0 Å². The lowest BCUT2D eigenvalue weighted by Gasteiger charge is -2.38. The molecule has 0 N–H and O–H groups in total. The van der Waals surface area contributed by atoms with Crippen LogP contribution in [0.15, 0.2) is 18.2 Å². The molecule has 114 valence electrons. The highest BCUT2D eigenvalue weighted by Crippen LogP contribution is 2.66. The second-order valence-corrected chi connectivity index (χ2v) is 8.06. The molecule has 2 fully saturated rings. The normalized spacial score (nSPS) is 34.4. The van der Waals surface area contributed by atoms with Crippen LogP contribution in [0.5, 0.6) is 0 Å². The van der Waals surface area contributed by atoms with E-state index in [-0.39, 0.29) is 11.2 Å². The number of ketones is 1. The van der Waals surface area contributed by atoms with Gasteiger partial charge in [0, 0.05) is 11.0 Å². The lowest BCUT2D eigenvalue weighted by Crippen LogP contribution is -2.36. The first-order valence-corrected chi connectivity index (χ1v) is 8.66. The first-order valence-electron chi connectivity index (χ1n) is 7.90. The number of hydrogen-bond acceptors (Lipinski definition) is 1. The van der Waals surface area contributed by atoms with E-state index in [1.807, 2.05) is 6.07 Å². The summed E-state index contributed by atoms with van der Waals surface area (Å²) in [5, 5.41) is 0.984. The van der Waals surface area contributed by atoms with Crippen LogP contribution < -0.4 is 0 Å². The molecular formula is C18H22Cl2O. The summed E-state index contributed by atoms with van der Waals surface area (Å²) in [5.41, 5.74) is 1.07. The molecule has 0 spiro atoms. The molecule has 0 heterocycles. The SMILES string of the molecule is CCC[C@]1(C(=O)c2ccc(Cl)c(Cl)c2)CCC2(C)CC2C1. The Balaban J connectivity index is 1.90. The highest BCUT2D eigenvalue weighted by Gasteiger charge is 2.58. The van der Waals surface area contributed by atoms with E-state index in [4.69, 9.17) is 23.2 Å². The zero-order chi connectivity index (χ0) is 15.3. The number of benzene rings is 1. The van der Waals surface area contributed by atoms with Crippen LogP contribution in [0.3, 0.4) is 0 Å². The molecule has 1 aromatic carbocycles. The smallest absolute Gasteiger partial charge is 0.169 e. The fourth-order valence-electron chi connectivity index (χ4n) is 4.20. The lowest BCUT2D eigenvalue weighted by atomic mass is 9.65. The molecule has 3 atom stereocenters. The monoisotopic (exact) mass is 324 g/mol. The second kappa shape index (κ2) is 5.28. The zero-order valence-corrected chi connectivity index (χ0v) is 14.2. The molecule has 3 rings (SSSR count). The molecule has 0 radical (unpaired) electrons. The van der Waals surface area contributed by atoms with Crippen molar-refractivity contribution in [3.63, 3.8) is 0 Å². The summed E-state index contributed by atoms with van der Waals surface area (Å²) in [6, 6.07) is 5.31. The molecule has 2 unspecified atom stereocenters. The van der Waals surface area contributed by atoms with Crippen molar-refractivity contribution in [3.05, 3.63) is 33.8 Å². The summed E-state index contributed by atoms with van der Waals surface area (Å²) < 4.78 is 0. The van der Waals surface area contributed by atoms with Crippen molar-refractivity contribution >= 4 is 29.0 Å². The number of carbonyl (C=O) groups excluding carboxylic acids is 1. The summed E-state index contributed by atoms with van der Waals surface area (Å²) in [5.74, 6) is 1.02. The molecule has 1 nitrogen and oxygen atoms in total. The maximum atomic E-state index is 13.1. The maximum Gasteiger partial charge on any atom is 0.169 e. The van der Waals surface area contributed by atoms with Gasteiger partial charge in [-0.1, -0.05) is 43.5 Å². The average molecular weight is 325 g/mol. The molecule has 21 heavy (non-hydrogen) atoms. The van der Waals surface area contributed by atoms with Gasteiger partial charge in [0.2, 0.25) is 0 Å². The number of fused-ring (bicyclic) bond motifs is 1. The third-order valence-electron chi connectivity index (χ3n) is 5.74. The van der Waals surface area contributed by atoms with E-state index in [0.29, 0.717) is 15.5 Å². The molecule has 0 amide bonds. The van der Waals surface area contributed by atoms with Gasteiger partial charge in [-0.2, -0.15) is 0 Å². The van der Waals surface area contributed by atoms with Crippen LogP contribution >= 0.6 is 23.2 Å². The largest absolute Gasteiger partial charge is 0.294 e. The van der Waals surface area contributed by atoms with Crippen molar-refractivity contribution in [1.82, 2.24) is 0 Å². The number of rotatable bonds is 4. The van der Waals surface area contributed by atoms with Gasteiger partial charge in [-0.05, 0) is 61.6 Å². The summed E-state index contributed by atoms with van der Waals surface area (Å²) in [6.07, 6.45) is 6.59. The summed E-state index contributed by atoms with van der Waals surface area (Å²) in [4.78, 5) is 13.1. The lowest BCUT2D eigenvalue weighted by molar-refractivity contribution is 0.0639. The van der Waals surface area contributed by atoms with E-state index in [1.54, 1.807) is 12.1 Å². The Morgan fingerprint density at radius 2 is 2.00 bits per heavy atom. The highest BCUT2D eigenvalue weighted by molar-refractivity contribution is 6.42. The van der Waals surface area contributed by atoms with Crippen molar-refractivity contribution in [2.45, 2.75) is 52.4 Å². The average Bonchev–Trinajstić information content (AvgIpc) is 3.12. The molecule has 0 bridgehead atoms. The van der Waals surface area contributed by atoms with Crippen LogP contribution in [0.4, 0.5) is 0 Å². The third-order valence-corrected chi connectivity index (χ3v) is 6.48. The molecule has 2 saturated carbocycles. The van der Waals surface area contributed by atoms with Crippen LogP contribution in [-0.2, 0) is 0 Å². The number of halogens is 2. The molecule has 2 aliphatic rings. The molecule has 0 saturated heterocycles. The molecule has 0 aromatic heterocycles. The van der Waals surface area contributed by atoms with Crippen LogP contribution in [0.25, 0.3) is 0 Å². The maximum absolute atomic E-state index is 13.1. The van der Waals surface area contributed by atoms with Crippen molar-refractivity contribution < 1.29 is 4.79 Å². The van der Waals surface area contributed by atoms with Crippen molar-refractivity contribution in [3.8, 4) is 0 Å². The van der Waals surface area contributed by atoms with Gasteiger partial charge in [-0.25, -0.2) is 0 Å². The van der Waals surface area contributed by atoms with E-state index in [1.165, 1.54) is 12.8 Å². The van der Waals surface area contributed by atoms with E-state index in [0.717, 1.165) is 37.2 Å². The van der Waals surface area contributed by atoms with Gasteiger partial charge >= 0.3 is 0 Å². The van der Waals surface area contributed by atoms with Gasteiger partial charge in [0.15, 0.2) is 5.78 Å². The Hall–Kier alpha value is -0.530. The van der Waals surface area contributed by atoms with Gasteiger partial charge in [0.05, 0.1) is 10.0 Å². The number of Topliss-reactive ketones (excluding diaryl/α,β-unsaturated/α-hetero) is 1. The second-order valence-electron chi connectivity index (χ2n) is 7.25. The molecule has 1 aromatic rings. The third kappa shape index (κ3) is 2.64. The van der Waals surface area contributed by atoms with Crippen LogP contribution in [-0.4, -0.2) is 5.78 Å². The standard InChI is InChI=1S/C18H22Cl2O/c1-3-6-18(8-7-17(2)10-13(17)11-18)16(21)12-4-5-14(19)15(20)9-12/h4-5,9,13H,3,6-8,10-11H2,1-2H3/t13?,17?,18-/m0/s1. The van der Waals surface area contributed by atoms with Gasteiger partial charge in [0.25, 0.3) is 0 Å². The van der Waals surface area contributed by atoms with Gasteiger partial charge in [-0.15, -0.1) is 0 Å². The number of hydrogen-bond donors (Lipinski definition) is 0. The van der Waals surface area contributed by atoms with E-state index in [9.17, 15) is 4.79 Å². The van der Waals surface area contributed by atoms with E-state index >= 15 is 0 Å². The summed E-state index contributed by atoms with van der Waals surface area (Å²) in [6.45, 7) is 4.54. The quantitative estimate of drug-likeness (QED) is 0.605. The Bertz CT molecular complexity index is 583. The van der Waals surface area contributed by atoms with Crippen LogP contribution in [0.1, 0.15) is 62.7 Å². The minimum atomic E-state index is -0.174. The van der Waals surface area contributed by atoms with Gasteiger partial charge in [0.1, 0.15) is 0 Å². The summed E-state index contributed by atoms with van der Waals surface area (Å²) in [7, 11) is 0. The molecule has 0 aliphatic heterocycles. The van der Waals surface area contributed by atoms with Crippen LogP contribution in [0.2, 0.25) is 10.0 Å². The predicted octanol–water partition coefficient (Wildman–Crippen LogP) is 6.17. The molecule has 3 heteroatoms. The summed E-state index contributed by atoms with van der Waals surface area (Å²) >= 11 is 12.1. The van der Waals surface area contributed by atoms with Crippen molar-refractivity contribution in [2.75, 3.05) is 0 Å².